The van der Waals surface area contributed by atoms with Gasteiger partial charge in [-0.2, -0.15) is 4.31 Å². The minimum Gasteiger partial charge on any atom is -0.207 e. The van der Waals surface area contributed by atoms with E-state index in [1.165, 1.54) is 10.4 Å². The summed E-state index contributed by atoms with van der Waals surface area (Å²) in [5.74, 6) is 0. The van der Waals surface area contributed by atoms with E-state index in [-0.39, 0.29) is 9.23 Å². The van der Waals surface area contributed by atoms with Gasteiger partial charge in [0.05, 0.1) is 4.34 Å². The zero-order valence-corrected chi connectivity index (χ0v) is 13.4. The fraction of sp³-hybridized carbons (Fsp3) is 0.556. The van der Waals surface area contributed by atoms with Crippen LogP contribution in [-0.4, -0.2) is 30.6 Å². The molecule has 0 unspecified atom stereocenters. The number of piperidine rings is 1. The van der Waals surface area contributed by atoms with Crippen molar-refractivity contribution >= 4 is 60.5 Å². The van der Waals surface area contributed by atoms with Gasteiger partial charge in [-0.05, 0) is 18.9 Å². The van der Waals surface area contributed by atoms with Gasteiger partial charge in [-0.1, -0.05) is 39.1 Å². The van der Waals surface area contributed by atoms with E-state index in [1.807, 2.05) is 0 Å². The summed E-state index contributed by atoms with van der Waals surface area (Å²) < 4.78 is 26.7. The fourth-order valence-corrected chi connectivity index (χ4v) is 5.70. The van der Waals surface area contributed by atoms with Gasteiger partial charge in [0, 0.05) is 17.9 Å². The molecule has 0 saturated carbocycles. The van der Waals surface area contributed by atoms with E-state index >= 15 is 0 Å². The van der Waals surface area contributed by atoms with Gasteiger partial charge in [0.25, 0.3) is 0 Å². The molecule has 0 radical (unpaired) electrons. The van der Waals surface area contributed by atoms with Crippen molar-refractivity contribution in [3.8, 4) is 0 Å². The van der Waals surface area contributed by atoms with Gasteiger partial charge >= 0.3 is 0 Å². The van der Waals surface area contributed by atoms with Crippen LogP contribution in [0.3, 0.4) is 0 Å². The summed E-state index contributed by atoms with van der Waals surface area (Å²) in [7, 11) is -3.49. The molecule has 0 amide bonds. The van der Waals surface area contributed by atoms with Crippen molar-refractivity contribution in [2.75, 3.05) is 13.1 Å². The molecule has 8 heteroatoms. The monoisotopic (exact) mass is 377 g/mol. The number of rotatable bonds is 2. The molecule has 0 aromatic carbocycles. The molecule has 1 aliphatic rings. The van der Waals surface area contributed by atoms with Crippen molar-refractivity contribution in [3.05, 3.63) is 14.7 Å². The second kappa shape index (κ2) is 5.35. The largest absolute Gasteiger partial charge is 0.245 e. The molecular weight excluding hydrogens is 369 g/mol. The Morgan fingerprint density at radius 1 is 1.35 bits per heavy atom. The van der Waals surface area contributed by atoms with E-state index in [1.54, 1.807) is 0 Å². The molecule has 0 atom stereocenters. The third kappa shape index (κ3) is 2.98. The molecule has 1 aromatic heterocycles. The van der Waals surface area contributed by atoms with Gasteiger partial charge in [-0.15, -0.1) is 11.3 Å². The van der Waals surface area contributed by atoms with Crippen LogP contribution in [0.4, 0.5) is 0 Å². The summed E-state index contributed by atoms with van der Waals surface area (Å²) in [5, 5.41) is 0. The van der Waals surface area contributed by atoms with Gasteiger partial charge in [0.2, 0.25) is 10.0 Å². The maximum absolute atomic E-state index is 12.3. The van der Waals surface area contributed by atoms with Gasteiger partial charge < -0.3 is 0 Å². The Balaban J connectivity index is 2.28. The number of nitrogens with zero attached hydrogens (tertiary/aromatic N) is 1. The molecule has 1 fully saturated rings. The van der Waals surface area contributed by atoms with Crippen molar-refractivity contribution in [1.82, 2.24) is 4.31 Å². The lowest BCUT2D eigenvalue weighted by Gasteiger charge is -2.28. The molecule has 17 heavy (non-hydrogen) atoms. The predicted octanol–water partition coefficient (Wildman–Crippen LogP) is 3.60. The number of alkyl halides is 1. The van der Waals surface area contributed by atoms with Crippen LogP contribution in [0.1, 0.15) is 12.8 Å². The zero-order chi connectivity index (χ0) is 12.6. The first-order valence-corrected chi connectivity index (χ1v) is 8.93. The number of hydrogen-bond acceptors (Lipinski definition) is 3. The summed E-state index contributed by atoms with van der Waals surface area (Å²) in [4.78, 5) is 0.526. The summed E-state index contributed by atoms with van der Waals surface area (Å²) in [6.45, 7) is 1.03. The molecule has 1 aliphatic heterocycles. The smallest absolute Gasteiger partial charge is 0.207 e. The van der Waals surface area contributed by atoms with Crippen LogP contribution in [-0.2, 0) is 10.0 Å². The Bertz CT molecular complexity index is 509. The SMILES string of the molecule is O=S(=O)(c1cc(Cl)sc1Cl)N1CCC(Br)CC1. The van der Waals surface area contributed by atoms with Crippen molar-refractivity contribution < 1.29 is 8.42 Å². The number of thiophene rings is 1. The van der Waals surface area contributed by atoms with E-state index in [0.717, 1.165) is 24.2 Å². The zero-order valence-electron chi connectivity index (χ0n) is 8.70. The molecule has 2 rings (SSSR count). The third-order valence-corrected chi connectivity index (χ3v) is 7.19. The van der Waals surface area contributed by atoms with Gasteiger partial charge in [0.15, 0.2) is 0 Å². The Hall–Kier alpha value is 0.670. The molecule has 3 nitrogen and oxygen atoms in total. The topological polar surface area (TPSA) is 37.4 Å². The summed E-state index contributed by atoms with van der Waals surface area (Å²) in [6.07, 6.45) is 1.63. The van der Waals surface area contributed by atoms with Crippen LogP contribution in [0.25, 0.3) is 0 Å². The molecule has 1 saturated heterocycles. The summed E-state index contributed by atoms with van der Waals surface area (Å²) >= 11 is 16.2. The Labute approximate surface area is 123 Å². The number of sulfonamides is 1. The molecule has 0 aliphatic carbocycles. The minimum absolute atomic E-state index is 0.127. The minimum atomic E-state index is -3.49. The number of halogens is 3. The normalized spacial score (nSPS) is 19.7. The van der Waals surface area contributed by atoms with Crippen LogP contribution < -0.4 is 0 Å². The van der Waals surface area contributed by atoms with Crippen molar-refractivity contribution in [2.24, 2.45) is 0 Å². The maximum atomic E-state index is 12.3. The molecule has 0 N–H and O–H groups in total. The molecule has 0 bridgehead atoms. The second-order valence-electron chi connectivity index (χ2n) is 3.77. The molecule has 0 spiro atoms. The average molecular weight is 379 g/mol. The molecule has 2 heterocycles. The van der Waals surface area contributed by atoms with Crippen molar-refractivity contribution in [1.29, 1.82) is 0 Å². The highest BCUT2D eigenvalue weighted by Crippen LogP contribution is 2.36. The van der Waals surface area contributed by atoms with E-state index in [9.17, 15) is 8.42 Å². The Morgan fingerprint density at radius 3 is 2.41 bits per heavy atom. The van der Waals surface area contributed by atoms with Crippen LogP contribution in [0.2, 0.25) is 8.67 Å². The average Bonchev–Trinajstić information content (AvgIpc) is 2.59. The summed E-state index contributed by atoms with van der Waals surface area (Å²) in [6, 6.07) is 1.42. The van der Waals surface area contributed by atoms with Gasteiger partial charge in [-0.25, -0.2) is 8.42 Å². The van der Waals surface area contributed by atoms with Crippen molar-refractivity contribution in [3.63, 3.8) is 0 Å². The lowest BCUT2D eigenvalue weighted by atomic mass is 10.2. The lowest BCUT2D eigenvalue weighted by Crippen LogP contribution is -2.38. The first kappa shape index (κ1) is 14.1. The van der Waals surface area contributed by atoms with E-state index < -0.39 is 10.0 Å². The summed E-state index contributed by atoms with van der Waals surface area (Å²) in [5.41, 5.74) is 0. The van der Waals surface area contributed by atoms with Gasteiger partial charge in [-0.3, -0.25) is 0 Å². The van der Waals surface area contributed by atoms with E-state index in [4.69, 9.17) is 23.2 Å². The van der Waals surface area contributed by atoms with Gasteiger partial charge in [0.1, 0.15) is 9.23 Å². The highest BCUT2D eigenvalue weighted by Gasteiger charge is 2.31. The Kier molecular flexibility index (Phi) is 4.43. The first-order chi connectivity index (χ1) is 7.91. The second-order valence-corrected chi connectivity index (χ2v) is 9.25. The van der Waals surface area contributed by atoms with E-state index in [2.05, 4.69) is 15.9 Å². The first-order valence-electron chi connectivity index (χ1n) is 5.00. The van der Waals surface area contributed by atoms with Crippen LogP contribution >= 0.6 is 50.5 Å². The highest BCUT2D eigenvalue weighted by atomic mass is 79.9. The molecule has 1 aromatic rings. The quantitative estimate of drug-likeness (QED) is 0.737. The van der Waals surface area contributed by atoms with E-state index in [0.29, 0.717) is 22.3 Å². The maximum Gasteiger partial charge on any atom is 0.245 e. The third-order valence-electron chi connectivity index (χ3n) is 2.63. The molecular formula is C9H10BrCl2NO2S2. The predicted molar refractivity (Wildman–Crippen MR) is 75.0 cm³/mol. The lowest BCUT2D eigenvalue weighted by molar-refractivity contribution is 0.355. The fourth-order valence-electron chi connectivity index (χ4n) is 1.70. The van der Waals surface area contributed by atoms with Crippen molar-refractivity contribution in [2.45, 2.75) is 22.6 Å². The standard InChI is InChI=1S/C9H10BrCl2NO2S2/c10-6-1-3-13(4-2-6)17(14,15)7-5-8(11)16-9(7)12/h5-6H,1-4H2. The molecule has 96 valence electrons. The Morgan fingerprint density at radius 2 is 1.94 bits per heavy atom. The number of hydrogen-bond donors (Lipinski definition) is 0. The highest BCUT2D eigenvalue weighted by molar-refractivity contribution is 9.09. The van der Waals surface area contributed by atoms with Crippen LogP contribution in [0.15, 0.2) is 11.0 Å². The van der Waals surface area contributed by atoms with Crippen LogP contribution in [0.5, 0.6) is 0 Å². The van der Waals surface area contributed by atoms with Crippen LogP contribution in [0, 0.1) is 0 Å².